The van der Waals surface area contributed by atoms with E-state index < -0.39 is 11.4 Å². The highest BCUT2D eigenvalue weighted by molar-refractivity contribution is 5.78. The summed E-state index contributed by atoms with van der Waals surface area (Å²) in [4.78, 5) is 24.1. The lowest BCUT2D eigenvalue weighted by molar-refractivity contribution is -0.173. The van der Waals surface area contributed by atoms with Gasteiger partial charge in [-0.25, -0.2) is 0 Å². The van der Waals surface area contributed by atoms with Crippen LogP contribution in [0.2, 0.25) is 0 Å². The zero-order valence-electron chi connectivity index (χ0n) is 14.4. The van der Waals surface area contributed by atoms with Gasteiger partial charge in [-0.15, -0.1) is 0 Å². The van der Waals surface area contributed by atoms with E-state index in [0.29, 0.717) is 25.7 Å². The Balaban J connectivity index is 1.31. The molecule has 0 aromatic rings. The van der Waals surface area contributed by atoms with Gasteiger partial charge in [-0.1, -0.05) is 0 Å². The van der Waals surface area contributed by atoms with Crippen molar-refractivity contribution in [3.63, 3.8) is 0 Å². The summed E-state index contributed by atoms with van der Waals surface area (Å²) in [5.41, 5.74) is -0.578. The fourth-order valence-corrected chi connectivity index (χ4v) is 5.45. The van der Waals surface area contributed by atoms with Gasteiger partial charge in [0.25, 0.3) is 0 Å². The first kappa shape index (κ1) is 16.4. The molecule has 5 aliphatic rings. The first-order valence-corrected chi connectivity index (χ1v) is 9.67. The number of ether oxygens (including phenoxy) is 1. The van der Waals surface area contributed by atoms with Crippen LogP contribution in [0.1, 0.15) is 83.5 Å². The van der Waals surface area contributed by atoms with Gasteiger partial charge < -0.3 is 15.2 Å². The molecule has 5 rings (SSSR count). The van der Waals surface area contributed by atoms with E-state index in [1.54, 1.807) is 0 Å². The number of amides is 1. The predicted molar refractivity (Wildman–Crippen MR) is 88.6 cm³/mol. The number of carbonyl (C=O) groups is 2. The molecule has 5 nitrogen and oxygen atoms in total. The molecule has 0 aromatic heterocycles. The molecule has 4 saturated carbocycles. The van der Waals surface area contributed by atoms with Crippen LogP contribution in [0.5, 0.6) is 0 Å². The minimum atomic E-state index is -0.650. The molecular formula is C19H29NO4. The molecule has 1 heterocycles. The molecule has 5 fully saturated rings. The van der Waals surface area contributed by atoms with Crippen molar-refractivity contribution in [3.8, 4) is 0 Å². The summed E-state index contributed by atoms with van der Waals surface area (Å²) in [5, 5.41) is 12.7. The van der Waals surface area contributed by atoms with Crippen molar-refractivity contribution in [3.05, 3.63) is 0 Å². The molecule has 24 heavy (non-hydrogen) atoms. The summed E-state index contributed by atoms with van der Waals surface area (Å²) >= 11 is 0. The van der Waals surface area contributed by atoms with Gasteiger partial charge in [-0.3, -0.25) is 9.59 Å². The summed E-state index contributed by atoms with van der Waals surface area (Å²) in [7, 11) is 0. The standard InChI is InChI=1S/C19H29NO4/c21-15(13-14-3-1-4-19(24-14)5-2-6-19)20-18-10-7-17(8-11-18,9-12-18)16(22)23/h14H,1-13H2,(H,20,21)(H,22,23). The number of fused-ring (bicyclic) bond motifs is 3. The van der Waals surface area contributed by atoms with Gasteiger partial charge in [0.2, 0.25) is 5.91 Å². The molecule has 134 valence electrons. The number of aliphatic carboxylic acids is 1. The number of carbonyl (C=O) groups excluding carboxylic acids is 1. The van der Waals surface area contributed by atoms with Crippen LogP contribution in [0.3, 0.4) is 0 Å². The molecule has 1 unspecified atom stereocenters. The van der Waals surface area contributed by atoms with Gasteiger partial charge in [0.15, 0.2) is 0 Å². The molecular weight excluding hydrogens is 306 g/mol. The van der Waals surface area contributed by atoms with Crippen molar-refractivity contribution in [2.75, 3.05) is 0 Å². The first-order valence-electron chi connectivity index (χ1n) is 9.67. The van der Waals surface area contributed by atoms with Crippen molar-refractivity contribution in [1.29, 1.82) is 0 Å². The summed E-state index contributed by atoms with van der Waals surface area (Å²) in [5.74, 6) is -0.551. The Morgan fingerprint density at radius 3 is 2.12 bits per heavy atom. The Morgan fingerprint density at radius 1 is 0.958 bits per heavy atom. The van der Waals surface area contributed by atoms with Gasteiger partial charge >= 0.3 is 5.97 Å². The Bertz CT molecular complexity index is 515. The maximum absolute atomic E-state index is 12.6. The monoisotopic (exact) mass is 335 g/mol. The van der Waals surface area contributed by atoms with E-state index in [9.17, 15) is 14.7 Å². The molecule has 1 spiro atoms. The number of hydrogen-bond acceptors (Lipinski definition) is 3. The van der Waals surface area contributed by atoms with Gasteiger partial charge in [0, 0.05) is 5.54 Å². The van der Waals surface area contributed by atoms with Crippen LogP contribution in [0, 0.1) is 5.41 Å². The van der Waals surface area contributed by atoms with Crippen molar-refractivity contribution < 1.29 is 19.4 Å². The number of nitrogens with one attached hydrogen (secondary N) is 1. The Hall–Kier alpha value is -1.10. The number of carboxylic acids is 1. The van der Waals surface area contributed by atoms with Crippen molar-refractivity contribution in [2.45, 2.75) is 101 Å². The molecule has 2 bridgehead atoms. The smallest absolute Gasteiger partial charge is 0.309 e. The predicted octanol–water partition coefficient (Wildman–Crippen LogP) is 3.16. The lowest BCUT2D eigenvalue weighted by atomic mass is 9.57. The molecule has 5 heteroatoms. The fourth-order valence-electron chi connectivity index (χ4n) is 5.45. The maximum atomic E-state index is 12.6. The quantitative estimate of drug-likeness (QED) is 0.827. The first-order chi connectivity index (χ1) is 11.5. The summed E-state index contributed by atoms with van der Waals surface area (Å²) < 4.78 is 6.26. The third-order valence-corrected chi connectivity index (χ3v) is 7.36. The molecule has 0 radical (unpaired) electrons. The van der Waals surface area contributed by atoms with Crippen LogP contribution in [0.15, 0.2) is 0 Å². The van der Waals surface area contributed by atoms with Crippen LogP contribution >= 0.6 is 0 Å². The van der Waals surface area contributed by atoms with E-state index in [1.807, 2.05) is 0 Å². The highest BCUT2D eigenvalue weighted by Crippen LogP contribution is 2.52. The second-order valence-corrected chi connectivity index (χ2v) is 8.79. The van der Waals surface area contributed by atoms with E-state index in [-0.39, 0.29) is 23.2 Å². The zero-order valence-corrected chi connectivity index (χ0v) is 14.4. The number of carboxylic acid groups (broad SMARTS) is 1. The van der Waals surface area contributed by atoms with E-state index in [0.717, 1.165) is 44.9 Å². The lowest BCUT2D eigenvalue weighted by Crippen LogP contribution is -2.58. The van der Waals surface area contributed by atoms with Gasteiger partial charge in [0.1, 0.15) is 0 Å². The summed E-state index contributed by atoms with van der Waals surface area (Å²) in [6.07, 6.45) is 11.9. The molecule has 0 aromatic carbocycles. The Morgan fingerprint density at radius 2 is 1.58 bits per heavy atom. The number of rotatable bonds is 4. The Labute approximate surface area is 143 Å². The highest BCUT2D eigenvalue weighted by atomic mass is 16.5. The average molecular weight is 335 g/mol. The van der Waals surface area contributed by atoms with Gasteiger partial charge in [-0.2, -0.15) is 0 Å². The number of hydrogen-bond donors (Lipinski definition) is 2. The molecule has 1 aliphatic heterocycles. The van der Waals surface area contributed by atoms with Crippen molar-refractivity contribution >= 4 is 11.9 Å². The topological polar surface area (TPSA) is 75.6 Å². The third kappa shape index (κ3) is 2.75. The van der Waals surface area contributed by atoms with E-state index in [2.05, 4.69) is 5.32 Å². The molecule has 1 atom stereocenters. The average Bonchev–Trinajstić information content (AvgIpc) is 2.54. The molecule has 1 amide bonds. The van der Waals surface area contributed by atoms with Crippen molar-refractivity contribution in [2.24, 2.45) is 5.41 Å². The molecule has 2 N–H and O–H groups in total. The summed E-state index contributed by atoms with van der Waals surface area (Å²) in [6.45, 7) is 0. The molecule has 4 aliphatic carbocycles. The largest absolute Gasteiger partial charge is 0.481 e. The van der Waals surface area contributed by atoms with Gasteiger partial charge in [-0.05, 0) is 77.0 Å². The van der Waals surface area contributed by atoms with E-state index in [4.69, 9.17) is 4.74 Å². The Kier molecular flexibility index (Phi) is 3.90. The van der Waals surface area contributed by atoms with Crippen LogP contribution in [0.25, 0.3) is 0 Å². The lowest BCUT2D eigenvalue weighted by Gasteiger charge is -2.52. The zero-order chi connectivity index (χ0) is 16.8. The summed E-state index contributed by atoms with van der Waals surface area (Å²) in [6, 6.07) is 0. The minimum Gasteiger partial charge on any atom is -0.481 e. The minimum absolute atomic E-state index is 0.0701. The van der Waals surface area contributed by atoms with Crippen molar-refractivity contribution in [1.82, 2.24) is 5.32 Å². The second-order valence-electron chi connectivity index (χ2n) is 8.79. The second kappa shape index (κ2) is 5.72. The fraction of sp³-hybridized carbons (Fsp3) is 0.895. The van der Waals surface area contributed by atoms with Gasteiger partial charge in [0.05, 0.1) is 23.5 Å². The van der Waals surface area contributed by atoms with Crippen LogP contribution < -0.4 is 5.32 Å². The third-order valence-electron chi connectivity index (χ3n) is 7.36. The normalized spacial score (nSPS) is 40.1. The highest BCUT2D eigenvalue weighted by Gasteiger charge is 2.53. The molecule has 1 saturated heterocycles. The maximum Gasteiger partial charge on any atom is 0.309 e. The van der Waals surface area contributed by atoms with E-state index >= 15 is 0 Å². The van der Waals surface area contributed by atoms with Crippen LogP contribution in [-0.2, 0) is 14.3 Å². The van der Waals surface area contributed by atoms with Crippen LogP contribution in [0.4, 0.5) is 0 Å². The van der Waals surface area contributed by atoms with Crippen LogP contribution in [-0.4, -0.2) is 34.2 Å². The van der Waals surface area contributed by atoms with E-state index in [1.165, 1.54) is 12.8 Å². The SMILES string of the molecule is O=C(CC1CCCC2(CCC2)O1)NC12CCC(C(=O)O)(CC1)CC2.